The van der Waals surface area contributed by atoms with Crippen LogP contribution in [0.4, 0.5) is 0 Å². The fraction of sp³-hybridized carbons (Fsp3) is 0.533. The zero-order valence-corrected chi connectivity index (χ0v) is 12.5. The fourth-order valence-electron chi connectivity index (χ4n) is 1.72. The summed E-state index contributed by atoms with van der Waals surface area (Å²) in [5.74, 6) is 0.0956. The van der Waals surface area contributed by atoms with Crippen LogP contribution >= 0.6 is 11.6 Å². The van der Waals surface area contributed by atoms with E-state index < -0.39 is 0 Å². The van der Waals surface area contributed by atoms with Gasteiger partial charge in [-0.25, -0.2) is 0 Å². The maximum atomic E-state index is 11.7. The molecular weight excluding hydrogens is 260 g/mol. The van der Waals surface area contributed by atoms with Crippen molar-refractivity contribution in [3.63, 3.8) is 0 Å². The van der Waals surface area contributed by atoms with E-state index in [4.69, 9.17) is 11.6 Å². The van der Waals surface area contributed by atoms with E-state index in [1.54, 1.807) is 0 Å². The molecule has 0 bridgehead atoms. The Morgan fingerprint density at radius 2 is 1.95 bits per heavy atom. The lowest BCUT2D eigenvalue weighted by Crippen LogP contribution is -2.29. The predicted molar refractivity (Wildman–Crippen MR) is 80.3 cm³/mol. The Kier molecular flexibility index (Phi) is 7.53. The number of rotatable bonds is 8. The van der Waals surface area contributed by atoms with Gasteiger partial charge in [0.15, 0.2) is 0 Å². The summed E-state index contributed by atoms with van der Waals surface area (Å²) in [6.07, 6.45) is 2.92. The van der Waals surface area contributed by atoms with Crippen molar-refractivity contribution < 1.29 is 4.79 Å². The number of halogens is 1. The van der Waals surface area contributed by atoms with E-state index in [2.05, 4.69) is 24.2 Å². The van der Waals surface area contributed by atoms with Gasteiger partial charge in [0.2, 0.25) is 5.91 Å². The van der Waals surface area contributed by atoms with Gasteiger partial charge < -0.3 is 10.2 Å². The van der Waals surface area contributed by atoms with Crippen molar-refractivity contribution in [3.05, 3.63) is 34.9 Å². The lowest BCUT2D eigenvalue weighted by Gasteiger charge is -2.15. The molecule has 106 valence electrons. The number of unbranched alkanes of at least 4 members (excludes halogenated alkanes) is 1. The zero-order valence-electron chi connectivity index (χ0n) is 11.8. The van der Waals surface area contributed by atoms with Crippen molar-refractivity contribution in [2.75, 3.05) is 20.1 Å². The molecule has 0 heterocycles. The Bertz CT molecular complexity index is 378. The predicted octanol–water partition coefficient (Wildman–Crippen LogP) is 3.08. The Labute approximate surface area is 120 Å². The van der Waals surface area contributed by atoms with Crippen molar-refractivity contribution >= 4 is 17.5 Å². The number of benzene rings is 1. The van der Waals surface area contributed by atoms with Gasteiger partial charge in [-0.1, -0.05) is 37.1 Å². The van der Waals surface area contributed by atoms with Crippen LogP contribution in [0.3, 0.4) is 0 Å². The van der Waals surface area contributed by atoms with E-state index in [0.29, 0.717) is 18.0 Å². The monoisotopic (exact) mass is 282 g/mol. The molecule has 0 aliphatic rings. The summed E-state index contributed by atoms with van der Waals surface area (Å²) < 4.78 is 0. The van der Waals surface area contributed by atoms with Crippen molar-refractivity contribution in [2.45, 2.75) is 32.7 Å². The SMILES string of the molecule is CCCCN(C)CCC(=O)NCc1ccc(Cl)cc1. The molecule has 0 saturated carbocycles. The number of hydrogen-bond acceptors (Lipinski definition) is 2. The molecule has 0 aliphatic heterocycles. The Balaban J connectivity index is 2.19. The molecule has 0 fully saturated rings. The standard InChI is InChI=1S/C15H23ClN2O/c1-3-4-10-18(2)11-9-15(19)17-12-13-5-7-14(16)8-6-13/h5-8H,3-4,9-12H2,1-2H3,(H,17,19). The molecular formula is C15H23ClN2O. The third-order valence-corrected chi connectivity index (χ3v) is 3.27. The van der Waals surface area contributed by atoms with E-state index in [1.807, 2.05) is 24.3 Å². The third kappa shape index (κ3) is 7.19. The largest absolute Gasteiger partial charge is 0.352 e. The number of nitrogens with zero attached hydrogens (tertiary/aromatic N) is 1. The van der Waals surface area contributed by atoms with Gasteiger partial charge in [0, 0.05) is 24.5 Å². The first-order valence-corrected chi connectivity index (χ1v) is 7.19. The highest BCUT2D eigenvalue weighted by Gasteiger charge is 2.04. The minimum Gasteiger partial charge on any atom is -0.352 e. The fourth-order valence-corrected chi connectivity index (χ4v) is 1.85. The summed E-state index contributed by atoms with van der Waals surface area (Å²) in [5.41, 5.74) is 1.07. The Hall–Kier alpha value is -1.06. The van der Waals surface area contributed by atoms with Crippen LogP contribution in [0, 0.1) is 0 Å². The van der Waals surface area contributed by atoms with E-state index in [9.17, 15) is 4.79 Å². The van der Waals surface area contributed by atoms with Crippen LogP contribution in [-0.4, -0.2) is 30.9 Å². The minimum absolute atomic E-state index is 0.0956. The van der Waals surface area contributed by atoms with Gasteiger partial charge >= 0.3 is 0 Å². The molecule has 1 amide bonds. The molecule has 0 aliphatic carbocycles. The van der Waals surface area contributed by atoms with E-state index in [-0.39, 0.29) is 5.91 Å². The summed E-state index contributed by atoms with van der Waals surface area (Å²) in [5, 5.41) is 3.64. The highest BCUT2D eigenvalue weighted by Crippen LogP contribution is 2.09. The van der Waals surface area contributed by atoms with E-state index >= 15 is 0 Å². The lowest BCUT2D eigenvalue weighted by atomic mass is 10.2. The van der Waals surface area contributed by atoms with E-state index in [0.717, 1.165) is 18.7 Å². The molecule has 1 N–H and O–H groups in total. The van der Waals surface area contributed by atoms with E-state index in [1.165, 1.54) is 12.8 Å². The van der Waals surface area contributed by atoms with Gasteiger partial charge in [-0.15, -0.1) is 0 Å². The topological polar surface area (TPSA) is 32.3 Å². The molecule has 1 aromatic rings. The maximum absolute atomic E-state index is 11.7. The van der Waals surface area contributed by atoms with Gasteiger partial charge in [-0.05, 0) is 37.7 Å². The van der Waals surface area contributed by atoms with Crippen LogP contribution in [0.5, 0.6) is 0 Å². The van der Waals surface area contributed by atoms with Gasteiger partial charge in [-0.2, -0.15) is 0 Å². The van der Waals surface area contributed by atoms with Crippen molar-refractivity contribution in [1.29, 1.82) is 0 Å². The van der Waals surface area contributed by atoms with Crippen LogP contribution in [0.1, 0.15) is 31.7 Å². The van der Waals surface area contributed by atoms with Crippen molar-refractivity contribution in [1.82, 2.24) is 10.2 Å². The quantitative estimate of drug-likeness (QED) is 0.795. The summed E-state index contributed by atoms with van der Waals surface area (Å²) >= 11 is 5.81. The highest BCUT2D eigenvalue weighted by atomic mass is 35.5. The van der Waals surface area contributed by atoms with Crippen LogP contribution in [0.2, 0.25) is 5.02 Å². The average molecular weight is 283 g/mol. The molecule has 0 radical (unpaired) electrons. The molecule has 0 unspecified atom stereocenters. The second kappa shape index (κ2) is 8.94. The molecule has 0 saturated heterocycles. The molecule has 1 rings (SSSR count). The molecule has 0 atom stereocenters. The smallest absolute Gasteiger partial charge is 0.221 e. The first-order chi connectivity index (χ1) is 9.11. The summed E-state index contributed by atoms with van der Waals surface area (Å²) in [6, 6.07) is 7.52. The van der Waals surface area contributed by atoms with Crippen molar-refractivity contribution in [3.8, 4) is 0 Å². The molecule has 0 aromatic heterocycles. The summed E-state index contributed by atoms with van der Waals surface area (Å²) in [7, 11) is 2.06. The number of carbonyl (C=O) groups is 1. The molecule has 4 heteroatoms. The van der Waals surface area contributed by atoms with Gasteiger partial charge in [0.1, 0.15) is 0 Å². The van der Waals surface area contributed by atoms with Gasteiger partial charge in [-0.3, -0.25) is 4.79 Å². The van der Waals surface area contributed by atoms with Crippen molar-refractivity contribution in [2.24, 2.45) is 0 Å². The zero-order chi connectivity index (χ0) is 14.1. The van der Waals surface area contributed by atoms with Crippen LogP contribution in [0.25, 0.3) is 0 Å². The minimum atomic E-state index is 0.0956. The highest BCUT2D eigenvalue weighted by molar-refractivity contribution is 6.30. The molecule has 3 nitrogen and oxygen atoms in total. The second-order valence-corrected chi connectivity index (χ2v) is 5.25. The first-order valence-electron chi connectivity index (χ1n) is 6.81. The first kappa shape index (κ1) is 16.0. The maximum Gasteiger partial charge on any atom is 0.221 e. The van der Waals surface area contributed by atoms with Gasteiger partial charge in [0.25, 0.3) is 0 Å². The second-order valence-electron chi connectivity index (χ2n) is 4.81. The molecule has 1 aromatic carbocycles. The summed E-state index contributed by atoms with van der Waals surface area (Å²) in [6.45, 7) is 4.61. The number of carbonyl (C=O) groups excluding carboxylic acids is 1. The number of amides is 1. The van der Waals surface area contributed by atoms with Gasteiger partial charge in [0.05, 0.1) is 0 Å². The average Bonchev–Trinajstić information content (AvgIpc) is 2.42. The van der Waals surface area contributed by atoms with Crippen LogP contribution in [-0.2, 0) is 11.3 Å². The number of hydrogen-bond donors (Lipinski definition) is 1. The third-order valence-electron chi connectivity index (χ3n) is 3.02. The molecule has 0 spiro atoms. The lowest BCUT2D eigenvalue weighted by molar-refractivity contribution is -0.121. The van der Waals surface area contributed by atoms with Crippen LogP contribution in [0.15, 0.2) is 24.3 Å². The number of nitrogens with one attached hydrogen (secondary N) is 1. The normalized spacial score (nSPS) is 10.7. The van der Waals surface area contributed by atoms with Crippen LogP contribution < -0.4 is 5.32 Å². The molecule has 19 heavy (non-hydrogen) atoms. The Morgan fingerprint density at radius 3 is 2.58 bits per heavy atom. The Morgan fingerprint density at radius 1 is 1.26 bits per heavy atom. The summed E-state index contributed by atoms with van der Waals surface area (Å²) in [4.78, 5) is 13.9.